The molecule has 45 heavy (non-hydrogen) atoms. The standard InChI is InChI=1S/C35H44N6O4/c1-40-30-13-6-5-12-28(30)37-31(40)22-36-32(42)24-41-18-14-27-26(23-41)11-7-8-15-35(16-19-45-20-17-35)34(44)39-29(33(43)38-27)21-25-9-3-2-4-10-25/h2-10,12-13,26-27,29H,11,14-24H2,1H3,(H,36,42)(H,38,43)(H,39,44)/b8-7+/t26-,27+,29-/m0/s1. The smallest absolute Gasteiger partial charge is 0.243 e. The number of aromatic nitrogens is 2. The number of rotatable bonds is 6. The highest BCUT2D eigenvalue weighted by Crippen LogP contribution is 2.36. The number of aryl methyl sites for hydroxylation is 1. The second kappa shape index (κ2) is 14.0. The Morgan fingerprint density at radius 2 is 1.82 bits per heavy atom. The van der Waals surface area contributed by atoms with Crippen LogP contribution in [0.2, 0.25) is 0 Å². The van der Waals surface area contributed by atoms with Crippen molar-refractivity contribution in [2.24, 2.45) is 18.4 Å². The minimum Gasteiger partial charge on any atom is -0.381 e. The Labute approximate surface area is 264 Å². The molecule has 3 aliphatic rings. The highest BCUT2D eigenvalue weighted by atomic mass is 16.5. The van der Waals surface area contributed by atoms with Crippen molar-refractivity contribution in [3.05, 3.63) is 78.1 Å². The van der Waals surface area contributed by atoms with E-state index in [-0.39, 0.29) is 29.7 Å². The fourth-order valence-corrected chi connectivity index (χ4v) is 6.99. The fourth-order valence-electron chi connectivity index (χ4n) is 6.99. The number of allylic oxidation sites excluding steroid dienone is 2. The van der Waals surface area contributed by atoms with E-state index in [4.69, 9.17) is 4.74 Å². The van der Waals surface area contributed by atoms with Crippen LogP contribution in [0.1, 0.15) is 43.5 Å². The summed E-state index contributed by atoms with van der Waals surface area (Å²) in [7, 11) is 1.97. The predicted molar refractivity (Wildman–Crippen MR) is 172 cm³/mol. The predicted octanol–water partition coefficient (Wildman–Crippen LogP) is 2.87. The van der Waals surface area contributed by atoms with Gasteiger partial charge in [0.2, 0.25) is 17.7 Å². The molecule has 2 fully saturated rings. The summed E-state index contributed by atoms with van der Waals surface area (Å²) < 4.78 is 7.62. The Morgan fingerprint density at radius 1 is 1.04 bits per heavy atom. The number of para-hydroxylation sites is 2. The summed E-state index contributed by atoms with van der Waals surface area (Å²) in [6.45, 7) is 3.13. The van der Waals surface area contributed by atoms with E-state index in [2.05, 4.69) is 38.0 Å². The van der Waals surface area contributed by atoms with Gasteiger partial charge in [-0.1, -0.05) is 54.6 Å². The maximum Gasteiger partial charge on any atom is 0.243 e. The van der Waals surface area contributed by atoms with Crippen molar-refractivity contribution in [1.29, 1.82) is 0 Å². The Kier molecular flexibility index (Phi) is 9.61. The first kappa shape index (κ1) is 31.0. The van der Waals surface area contributed by atoms with Gasteiger partial charge in [0, 0.05) is 45.8 Å². The van der Waals surface area contributed by atoms with E-state index >= 15 is 0 Å². The van der Waals surface area contributed by atoms with Gasteiger partial charge in [0.1, 0.15) is 11.9 Å². The maximum absolute atomic E-state index is 13.8. The van der Waals surface area contributed by atoms with Crippen LogP contribution < -0.4 is 16.0 Å². The molecule has 0 unspecified atom stereocenters. The summed E-state index contributed by atoms with van der Waals surface area (Å²) >= 11 is 0. The summed E-state index contributed by atoms with van der Waals surface area (Å²) in [5.74, 6) is 0.700. The topological polar surface area (TPSA) is 118 Å². The molecule has 2 saturated heterocycles. The molecule has 10 nitrogen and oxygen atoms in total. The van der Waals surface area contributed by atoms with Crippen LogP contribution in [0.25, 0.3) is 11.0 Å². The van der Waals surface area contributed by atoms with Crippen molar-refractivity contribution < 1.29 is 19.1 Å². The number of likely N-dealkylation sites (tertiary alicyclic amines) is 1. The molecule has 4 heterocycles. The number of fused-ring (bicyclic) bond motifs is 2. The van der Waals surface area contributed by atoms with Crippen molar-refractivity contribution >= 4 is 28.8 Å². The first-order valence-electron chi connectivity index (χ1n) is 16.2. The maximum atomic E-state index is 13.8. The Hall–Kier alpha value is -4.02. The molecule has 3 N–H and O–H groups in total. The third kappa shape index (κ3) is 7.28. The molecule has 0 bridgehead atoms. The van der Waals surface area contributed by atoms with Crippen molar-refractivity contribution in [1.82, 2.24) is 30.4 Å². The van der Waals surface area contributed by atoms with E-state index in [1.807, 2.05) is 66.2 Å². The van der Waals surface area contributed by atoms with Gasteiger partial charge in [0.25, 0.3) is 0 Å². The van der Waals surface area contributed by atoms with Gasteiger partial charge < -0.3 is 25.3 Å². The van der Waals surface area contributed by atoms with E-state index in [9.17, 15) is 14.4 Å². The number of carbonyl (C=O) groups is 3. The van der Waals surface area contributed by atoms with E-state index in [0.29, 0.717) is 65.1 Å². The minimum absolute atomic E-state index is 0.0414. The lowest BCUT2D eigenvalue weighted by molar-refractivity contribution is -0.140. The van der Waals surface area contributed by atoms with E-state index < -0.39 is 11.5 Å². The zero-order chi connectivity index (χ0) is 31.2. The number of benzene rings is 2. The number of nitrogens with one attached hydrogen (secondary N) is 3. The molecule has 238 valence electrons. The van der Waals surface area contributed by atoms with Gasteiger partial charge in [-0.2, -0.15) is 0 Å². The fraction of sp³-hybridized carbons (Fsp3) is 0.486. The molecule has 1 aromatic heterocycles. The van der Waals surface area contributed by atoms with Crippen LogP contribution >= 0.6 is 0 Å². The third-order valence-corrected chi connectivity index (χ3v) is 9.79. The average Bonchev–Trinajstić information content (AvgIpc) is 3.38. The Balaban J connectivity index is 1.13. The normalized spacial score (nSPS) is 25.0. The lowest BCUT2D eigenvalue weighted by Gasteiger charge is -2.40. The molecule has 1 spiro atoms. The van der Waals surface area contributed by atoms with Crippen LogP contribution in [-0.2, 0) is 39.1 Å². The van der Waals surface area contributed by atoms with E-state index in [0.717, 1.165) is 35.3 Å². The van der Waals surface area contributed by atoms with Crippen molar-refractivity contribution in [3.8, 4) is 0 Å². The van der Waals surface area contributed by atoms with Gasteiger partial charge in [-0.15, -0.1) is 0 Å². The summed E-state index contributed by atoms with van der Waals surface area (Å²) in [6, 6.07) is 17.1. The van der Waals surface area contributed by atoms with E-state index in [1.165, 1.54) is 0 Å². The van der Waals surface area contributed by atoms with Crippen molar-refractivity contribution in [2.45, 2.75) is 57.2 Å². The van der Waals surface area contributed by atoms with Gasteiger partial charge in [0.15, 0.2) is 0 Å². The van der Waals surface area contributed by atoms with Gasteiger partial charge in [-0.05, 0) is 55.7 Å². The summed E-state index contributed by atoms with van der Waals surface area (Å²) in [6.07, 6.45) is 8.10. The monoisotopic (exact) mass is 612 g/mol. The Morgan fingerprint density at radius 3 is 2.62 bits per heavy atom. The molecule has 6 rings (SSSR count). The van der Waals surface area contributed by atoms with Crippen LogP contribution in [0.3, 0.4) is 0 Å². The molecule has 2 aromatic carbocycles. The number of nitrogens with zero attached hydrogens (tertiary/aromatic N) is 3. The van der Waals surface area contributed by atoms with Gasteiger partial charge in [-0.25, -0.2) is 4.98 Å². The third-order valence-electron chi connectivity index (χ3n) is 9.79. The lowest BCUT2D eigenvalue weighted by Crippen LogP contribution is -2.58. The van der Waals surface area contributed by atoms with E-state index in [1.54, 1.807) is 0 Å². The molecule has 0 radical (unpaired) electrons. The number of piperidine rings is 1. The Bertz CT molecular complexity index is 1530. The van der Waals surface area contributed by atoms with Gasteiger partial charge in [-0.3, -0.25) is 19.3 Å². The summed E-state index contributed by atoms with van der Waals surface area (Å²) in [5, 5.41) is 9.51. The second-order valence-electron chi connectivity index (χ2n) is 12.8. The summed E-state index contributed by atoms with van der Waals surface area (Å²) in [5.41, 5.74) is 2.37. The summed E-state index contributed by atoms with van der Waals surface area (Å²) in [4.78, 5) is 47.5. The average molecular weight is 613 g/mol. The molecule has 3 atom stereocenters. The number of amides is 3. The lowest BCUT2D eigenvalue weighted by atomic mass is 9.75. The molecule has 3 amide bonds. The van der Waals surface area contributed by atoms with Gasteiger partial charge >= 0.3 is 0 Å². The molecule has 0 saturated carbocycles. The number of ether oxygens (including phenoxy) is 1. The highest BCUT2D eigenvalue weighted by Gasteiger charge is 2.41. The zero-order valence-electron chi connectivity index (χ0n) is 26.0. The molecule has 3 aromatic rings. The first-order valence-corrected chi connectivity index (χ1v) is 16.2. The first-order chi connectivity index (χ1) is 21.9. The zero-order valence-corrected chi connectivity index (χ0v) is 26.0. The molecular formula is C35H44N6O4. The minimum atomic E-state index is -0.671. The number of hydrogen-bond donors (Lipinski definition) is 3. The van der Waals surface area contributed by atoms with Crippen LogP contribution in [0.4, 0.5) is 0 Å². The van der Waals surface area contributed by atoms with Crippen molar-refractivity contribution in [2.75, 3.05) is 32.8 Å². The van der Waals surface area contributed by atoms with Crippen LogP contribution in [0.5, 0.6) is 0 Å². The van der Waals surface area contributed by atoms with Crippen LogP contribution in [-0.4, -0.2) is 77.1 Å². The van der Waals surface area contributed by atoms with Crippen LogP contribution in [0, 0.1) is 11.3 Å². The second-order valence-corrected chi connectivity index (χ2v) is 12.8. The van der Waals surface area contributed by atoms with Gasteiger partial charge in [0.05, 0.1) is 29.5 Å². The molecular weight excluding hydrogens is 568 g/mol. The molecule has 0 aliphatic carbocycles. The quantitative estimate of drug-likeness (QED) is 0.369. The van der Waals surface area contributed by atoms with Crippen molar-refractivity contribution in [3.63, 3.8) is 0 Å². The molecule has 3 aliphatic heterocycles. The van der Waals surface area contributed by atoms with Crippen LogP contribution in [0.15, 0.2) is 66.7 Å². The largest absolute Gasteiger partial charge is 0.381 e. The molecule has 10 heteroatoms. The highest BCUT2D eigenvalue weighted by molar-refractivity contribution is 5.90. The number of carbonyl (C=O) groups excluding carboxylic acids is 3. The number of imidazole rings is 1. The SMILES string of the molecule is Cn1c(CNC(=O)CN2CC[C@H]3NC(=O)[C@H](Cc4ccccc4)NC(=O)C4(C/C=C/C[C@H]3C2)CCOCC4)nc2ccccc21. The number of hydrogen-bond acceptors (Lipinski definition) is 6.